The summed E-state index contributed by atoms with van der Waals surface area (Å²) >= 11 is 0. The van der Waals surface area contributed by atoms with Crippen molar-refractivity contribution < 1.29 is 95.6 Å². The maximum atomic E-state index is 10.9. The van der Waals surface area contributed by atoms with Gasteiger partial charge in [0, 0.05) is 32.5 Å². The van der Waals surface area contributed by atoms with Crippen LogP contribution in [0.5, 0.6) is 0 Å². The fraction of sp³-hybridized carbons (Fsp3) is 0.969. The molecule has 52 heavy (non-hydrogen) atoms. The molecule has 0 saturated heterocycles. The second-order valence-corrected chi connectivity index (χ2v) is 13.8. The topological polar surface area (TPSA) is 351 Å². The van der Waals surface area contributed by atoms with E-state index in [0.717, 1.165) is 4.90 Å². The van der Waals surface area contributed by atoms with Gasteiger partial charge in [0.2, 0.25) is 0 Å². The molecule has 0 bridgehead atoms. The second kappa shape index (κ2) is 25.0. The number of ether oxygens (including phenoxy) is 3. The van der Waals surface area contributed by atoms with Crippen LogP contribution in [0.3, 0.4) is 0 Å². The van der Waals surface area contributed by atoms with Crippen molar-refractivity contribution in [2.75, 3.05) is 59.3 Å². The highest BCUT2D eigenvalue weighted by Crippen LogP contribution is 2.26. The van der Waals surface area contributed by atoms with Gasteiger partial charge in [-0.1, -0.05) is 13.8 Å². The molecular formula is C32H65NO19. The fourth-order valence-corrected chi connectivity index (χ4v) is 5.15. The zero-order valence-corrected chi connectivity index (χ0v) is 30.4. The summed E-state index contributed by atoms with van der Waals surface area (Å²) in [6, 6.07) is 0. The zero-order chi connectivity index (χ0) is 40.4. The lowest BCUT2D eigenvalue weighted by molar-refractivity contribution is -0.151. The molecule has 20 nitrogen and oxygen atoms in total. The van der Waals surface area contributed by atoms with Gasteiger partial charge in [0.05, 0.1) is 81.4 Å². The average Bonchev–Trinajstić information content (AvgIpc) is 3.10. The summed E-state index contributed by atoms with van der Waals surface area (Å²) in [5, 5.41) is 149. The Kier molecular flexibility index (Phi) is 24.4. The first-order valence-corrected chi connectivity index (χ1v) is 17.3. The molecule has 0 saturated carbocycles. The molecule has 0 aromatic rings. The van der Waals surface area contributed by atoms with Crippen molar-refractivity contribution in [3.63, 3.8) is 0 Å². The van der Waals surface area contributed by atoms with Crippen molar-refractivity contribution >= 4 is 5.97 Å². The van der Waals surface area contributed by atoms with E-state index in [0.29, 0.717) is 12.8 Å². The minimum absolute atomic E-state index is 0.0322. The highest BCUT2D eigenvalue weighted by Gasteiger charge is 2.36. The number of hydrogen-bond donors (Lipinski definition) is 15. The van der Waals surface area contributed by atoms with Gasteiger partial charge in [-0.05, 0) is 26.7 Å². The number of aliphatic hydroxyl groups excluding tert-OH is 14. The molecule has 0 spiro atoms. The first kappa shape index (κ1) is 50.8. The molecular weight excluding hydrogens is 702 g/mol. The van der Waals surface area contributed by atoms with Gasteiger partial charge >= 0.3 is 5.97 Å². The smallest absolute Gasteiger partial charge is 0.334 e. The number of carboxylic acid groups (broad SMARTS) is 1. The Labute approximate surface area is 303 Å². The van der Waals surface area contributed by atoms with Crippen LogP contribution in [0, 0.1) is 0 Å². The molecule has 312 valence electrons. The highest BCUT2D eigenvalue weighted by atomic mass is 16.5. The lowest BCUT2D eigenvalue weighted by Crippen LogP contribution is -2.54. The van der Waals surface area contributed by atoms with Crippen LogP contribution in [0.15, 0.2) is 0 Å². The Bertz CT molecular complexity index is 925. The zero-order valence-electron chi connectivity index (χ0n) is 30.4. The van der Waals surface area contributed by atoms with Crippen LogP contribution in [-0.4, -0.2) is 231 Å². The predicted molar refractivity (Wildman–Crippen MR) is 180 cm³/mol. The van der Waals surface area contributed by atoms with E-state index in [1.54, 1.807) is 27.7 Å². The van der Waals surface area contributed by atoms with E-state index in [4.69, 9.17) is 29.5 Å². The molecule has 0 fully saturated rings. The minimum atomic E-state index is -2.00. The average molecular weight is 768 g/mol. The standard InChI is InChI=1S/C32H65NO19/c1-5-31(3,7-18(36)14-50-17-25(43)30(48)49)51-15-19(37)8-32(4,6-2)52-16-20(38)9-33(10-21(39)26(44)28(46)23(41)12-34)11-22(40)27(45)29(47)24(42)13-35/h18-29,34-47H,5-17H2,1-4H3,(H,48,49)/t18?,19?,20?,21-,22-,23+,24+,25?,26+,27+,28+,29+,31?,32?/m0/s1. The monoisotopic (exact) mass is 767 g/mol. The normalized spacial score (nSPS) is 21.8. The second-order valence-electron chi connectivity index (χ2n) is 13.8. The van der Waals surface area contributed by atoms with Crippen LogP contribution < -0.4 is 0 Å². The fourth-order valence-electron chi connectivity index (χ4n) is 5.15. The van der Waals surface area contributed by atoms with E-state index >= 15 is 0 Å². The Morgan fingerprint density at radius 3 is 1.29 bits per heavy atom. The molecule has 0 rings (SSSR count). The highest BCUT2D eigenvalue weighted by molar-refractivity contribution is 5.71. The summed E-state index contributed by atoms with van der Waals surface area (Å²) in [6.45, 7) is 2.24. The number of carboxylic acids is 1. The van der Waals surface area contributed by atoms with Gasteiger partial charge in [-0.2, -0.15) is 0 Å². The van der Waals surface area contributed by atoms with Crippen LogP contribution >= 0.6 is 0 Å². The maximum absolute atomic E-state index is 10.9. The molecule has 0 aromatic carbocycles. The summed E-state index contributed by atoms with van der Waals surface area (Å²) < 4.78 is 16.9. The van der Waals surface area contributed by atoms with E-state index in [9.17, 15) is 66.1 Å². The van der Waals surface area contributed by atoms with Crippen molar-refractivity contribution in [3.8, 4) is 0 Å². The predicted octanol–water partition coefficient (Wildman–Crippen LogP) is -6.14. The van der Waals surface area contributed by atoms with Gasteiger partial charge < -0.3 is 90.8 Å². The number of aliphatic hydroxyl groups is 14. The molecule has 0 heterocycles. The minimum Gasteiger partial charge on any atom is -0.479 e. The van der Waals surface area contributed by atoms with Crippen LogP contribution in [0.1, 0.15) is 53.4 Å². The number of carbonyl (C=O) groups is 1. The van der Waals surface area contributed by atoms with E-state index in [2.05, 4.69) is 0 Å². The molecule has 0 aromatic heterocycles. The van der Waals surface area contributed by atoms with Gasteiger partial charge in [-0.15, -0.1) is 0 Å². The van der Waals surface area contributed by atoms with E-state index in [-0.39, 0.29) is 32.7 Å². The van der Waals surface area contributed by atoms with Crippen molar-refractivity contribution in [1.29, 1.82) is 0 Å². The van der Waals surface area contributed by atoms with Crippen LogP contribution in [0.2, 0.25) is 0 Å². The summed E-state index contributed by atoms with van der Waals surface area (Å²) in [7, 11) is 0. The van der Waals surface area contributed by atoms with E-state index < -0.39 is 130 Å². The molecule has 20 heteroatoms. The van der Waals surface area contributed by atoms with Gasteiger partial charge in [0.1, 0.15) is 36.6 Å². The molecule has 6 unspecified atom stereocenters. The number of hydrogen-bond acceptors (Lipinski definition) is 19. The number of rotatable bonds is 31. The van der Waals surface area contributed by atoms with Gasteiger partial charge in [0.15, 0.2) is 6.10 Å². The van der Waals surface area contributed by atoms with E-state index in [1.807, 2.05) is 0 Å². The number of nitrogens with zero attached hydrogens (tertiary/aromatic N) is 1. The quantitative estimate of drug-likeness (QED) is 0.0312. The van der Waals surface area contributed by atoms with Crippen LogP contribution in [0.4, 0.5) is 0 Å². The van der Waals surface area contributed by atoms with Crippen molar-refractivity contribution in [2.24, 2.45) is 0 Å². The van der Waals surface area contributed by atoms with E-state index in [1.165, 1.54) is 0 Å². The molecule has 0 amide bonds. The third kappa shape index (κ3) is 18.9. The summed E-state index contributed by atoms with van der Waals surface area (Å²) in [4.78, 5) is 11.8. The Hall–Kier alpha value is -1.25. The molecule has 0 aliphatic carbocycles. The van der Waals surface area contributed by atoms with Crippen molar-refractivity contribution in [3.05, 3.63) is 0 Å². The Morgan fingerprint density at radius 2 is 0.923 bits per heavy atom. The first-order valence-electron chi connectivity index (χ1n) is 17.3. The lowest BCUT2D eigenvalue weighted by atomic mass is 9.93. The first-order chi connectivity index (χ1) is 24.1. The third-order valence-electron chi connectivity index (χ3n) is 8.96. The van der Waals surface area contributed by atoms with Crippen molar-refractivity contribution in [1.82, 2.24) is 4.90 Å². The molecule has 14 atom stereocenters. The Balaban J connectivity index is 5.45. The van der Waals surface area contributed by atoms with Crippen LogP contribution in [-0.2, 0) is 19.0 Å². The van der Waals surface area contributed by atoms with Gasteiger partial charge in [-0.25, -0.2) is 4.79 Å². The molecule has 0 radical (unpaired) electrons. The SMILES string of the molecule is CCC(C)(CC(O)COCC(O)C(=O)O)OCC(O)CC(C)(CC)OCC(O)CN(C[C@H](O)[C@@H](O)[C@H](O)[C@H](O)CO)C[C@H](O)[C@@H](O)[C@H](O)[C@H](O)CO. The Morgan fingerprint density at radius 1 is 0.558 bits per heavy atom. The third-order valence-corrected chi connectivity index (χ3v) is 8.96. The van der Waals surface area contributed by atoms with Gasteiger partial charge in [0.25, 0.3) is 0 Å². The number of aliphatic carboxylic acids is 1. The molecule has 15 N–H and O–H groups in total. The van der Waals surface area contributed by atoms with Crippen molar-refractivity contribution in [2.45, 2.75) is 138 Å². The summed E-state index contributed by atoms with van der Waals surface area (Å²) in [5.41, 5.74) is -1.93. The molecule has 0 aliphatic rings. The lowest BCUT2D eigenvalue weighted by Gasteiger charge is -2.36. The summed E-state index contributed by atoms with van der Waals surface area (Å²) in [6.07, 6.45) is -19.6. The maximum Gasteiger partial charge on any atom is 0.334 e. The van der Waals surface area contributed by atoms with Crippen LogP contribution in [0.25, 0.3) is 0 Å². The largest absolute Gasteiger partial charge is 0.479 e. The molecule has 0 aliphatic heterocycles. The summed E-state index contributed by atoms with van der Waals surface area (Å²) in [5.74, 6) is -1.46. The van der Waals surface area contributed by atoms with Gasteiger partial charge in [-0.3, -0.25) is 4.90 Å².